The molecule has 0 aromatic heterocycles. The maximum atomic E-state index is 12.9. The zero-order valence-electron chi connectivity index (χ0n) is 17.6. The van der Waals surface area contributed by atoms with Gasteiger partial charge in [0.15, 0.2) is 0 Å². The van der Waals surface area contributed by atoms with Crippen LogP contribution in [0.15, 0.2) is 29.2 Å². The van der Waals surface area contributed by atoms with E-state index in [2.05, 4.69) is 10.2 Å². The van der Waals surface area contributed by atoms with E-state index in [0.29, 0.717) is 36.3 Å². The number of nitrogens with zero attached hydrogens (tertiary/aromatic N) is 2. The van der Waals surface area contributed by atoms with E-state index in [1.165, 1.54) is 25.7 Å². The molecule has 1 aromatic carbocycles. The Hall–Kier alpha value is -1.44. The lowest BCUT2D eigenvalue weighted by Crippen LogP contribution is -2.37. The number of nitrogens with one attached hydrogen (secondary N) is 1. The van der Waals surface area contributed by atoms with E-state index >= 15 is 0 Å². The van der Waals surface area contributed by atoms with Gasteiger partial charge in [-0.3, -0.25) is 9.69 Å². The molecule has 2 fully saturated rings. The summed E-state index contributed by atoms with van der Waals surface area (Å²) in [7, 11) is -1.43. The Balaban J connectivity index is 1.56. The molecule has 1 saturated carbocycles. The van der Waals surface area contributed by atoms with Crippen molar-refractivity contribution in [1.29, 1.82) is 0 Å². The van der Waals surface area contributed by atoms with Crippen molar-refractivity contribution in [3.8, 4) is 0 Å². The molecule has 0 radical (unpaired) electrons. The number of sulfonamides is 1. The van der Waals surface area contributed by atoms with E-state index in [1.807, 2.05) is 7.05 Å². The molecule has 0 atom stereocenters. The molecule has 0 spiro atoms. The average Bonchev–Trinajstić information content (AvgIpc) is 3.14. The van der Waals surface area contributed by atoms with Crippen LogP contribution in [0.1, 0.15) is 64.2 Å². The van der Waals surface area contributed by atoms with Crippen LogP contribution in [-0.4, -0.2) is 56.3 Å². The number of likely N-dealkylation sites (N-methyl/N-ethyl adjacent to an activating group) is 1. The van der Waals surface area contributed by atoms with E-state index in [0.717, 1.165) is 38.5 Å². The number of carbonyl (C=O) groups excluding carboxylic acids is 1. The molecule has 0 unspecified atom stereocenters. The molecule has 1 saturated heterocycles. The third kappa shape index (κ3) is 6.27. The van der Waals surface area contributed by atoms with Gasteiger partial charge in [0, 0.05) is 24.8 Å². The molecule has 1 N–H and O–H groups in total. The lowest BCUT2D eigenvalue weighted by molar-refractivity contribution is -0.117. The molecule has 1 aromatic rings. The number of benzene rings is 1. The van der Waals surface area contributed by atoms with Crippen molar-refractivity contribution >= 4 is 21.6 Å². The third-order valence-electron chi connectivity index (χ3n) is 6.18. The number of amides is 1. The van der Waals surface area contributed by atoms with Crippen LogP contribution in [0.3, 0.4) is 0 Å². The summed E-state index contributed by atoms with van der Waals surface area (Å²) in [5.74, 6) is -0.0557. The van der Waals surface area contributed by atoms with E-state index in [4.69, 9.17) is 0 Å². The molecule has 1 aliphatic heterocycles. The van der Waals surface area contributed by atoms with Gasteiger partial charge in [0.25, 0.3) is 0 Å². The Kier molecular flexibility index (Phi) is 8.09. The highest BCUT2D eigenvalue weighted by Crippen LogP contribution is 2.23. The first-order valence-corrected chi connectivity index (χ1v) is 12.5. The number of hydrogen-bond acceptors (Lipinski definition) is 4. The van der Waals surface area contributed by atoms with E-state index in [9.17, 15) is 13.2 Å². The Labute approximate surface area is 175 Å². The molecule has 2 aliphatic rings. The zero-order valence-corrected chi connectivity index (χ0v) is 18.4. The zero-order chi connectivity index (χ0) is 20.7. The fraction of sp³-hybridized carbons (Fsp3) is 0.682. The van der Waals surface area contributed by atoms with Crippen LogP contribution in [-0.2, 0) is 14.8 Å². The van der Waals surface area contributed by atoms with Crippen LogP contribution in [0.25, 0.3) is 0 Å². The fourth-order valence-electron chi connectivity index (χ4n) is 4.40. The van der Waals surface area contributed by atoms with E-state index < -0.39 is 10.0 Å². The minimum absolute atomic E-state index is 0.0557. The monoisotopic (exact) mass is 421 g/mol. The summed E-state index contributed by atoms with van der Waals surface area (Å²) in [6.07, 6.45) is 11.4. The number of hydrogen-bond donors (Lipinski definition) is 1. The van der Waals surface area contributed by atoms with Gasteiger partial charge in [-0.2, -0.15) is 4.31 Å². The van der Waals surface area contributed by atoms with Crippen molar-refractivity contribution in [2.24, 2.45) is 0 Å². The van der Waals surface area contributed by atoms with E-state index in [-0.39, 0.29) is 5.91 Å². The molecule has 6 nitrogen and oxygen atoms in total. The van der Waals surface area contributed by atoms with Crippen LogP contribution in [0.5, 0.6) is 0 Å². The third-order valence-corrected chi connectivity index (χ3v) is 8.09. The van der Waals surface area contributed by atoms with Crippen LogP contribution in [0, 0.1) is 0 Å². The first-order valence-electron chi connectivity index (χ1n) is 11.1. The van der Waals surface area contributed by atoms with Gasteiger partial charge < -0.3 is 5.32 Å². The van der Waals surface area contributed by atoms with Gasteiger partial charge in [0.05, 0.1) is 11.4 Å². The SMILES string of the molecule is CN(CC(=O)Nc1ccc(S(=O)(=O)N2CCCCCC2)cc1)C1CCCCCC1. The first-order chi connectivity index (χ1) is 14.0. The molecular weight excluding hydrogens is 386 g/mol. The Bertz CT molecular complexity index is 748. The maximum absolute atomic E-state index is 12.9. The predicted octanol–water partition coefficient (Wildman–Crippen LogP) is 3.84. The smallest absolute Gasteiger partial charge is 0.243 e. The number of anilines is 1. The van der Waals surface area contributed by atoms with Crippen molar-refractivity contribution in [3.05, 3.63) is 24.3 Å². The van der Waals surface area contributed by atoms with Crippen LogP contribution < -0.4 is 5.32 Å². The Morgan fingerprint density at radius 2 is 1.52 bits per heavy atom. The van der Waals surface area contributed by atoms with Crippen LogP contribution in [0.2, 0.25) is 0 Å². The quantitative estimate of drug-likeness (QED) is 0.709. The molecule has 162 valence electrons. The number of carbonyl (C=O) groups is 1. The van der Waals surface area contributed by atoms with Gasteiger partial charge in [-0.15, -0.1) is 0 Å². The predicted molar refractivity (Wildman–Crippen MR) is 116 cm³/mol. The topological polar surface area (TPSA) is 69.7 Å². The summed E-state index contributed by atoms with van der Waals surface area (Å²) in [6.45, 7) is 1.54. The second-order valence-corrected chi connectivity index (χ2v) is 10.4. The minimum atomic E-state index is -3.46. The van der Waals surface area contributed by atoms with Gasteiger partial charge in [0.2, 0.25) is 15.9 Å². The van der Waals surface area contributed by atoms with Crippen molar-refractivity contribution < 1.29 is 13.2 Å². The van der Waals surface area contributed by atoms with Crippen molar-refractivity contribution in [2.75, 3.05) is 32.0 Å². The summed E-state index contributed by atoms with van der Waals surface area (Å²) >= 11 is 0. The average molecular weight is 422 g/mol. The molecule has 1 amide bonds. The van der Waals surface area contributed by atoms with Gasteiger partial charge >= 0.3 is 0 Å². The van der Waals surface area contributed by atoms with Gasteiger partial charge in [-0.05, 0) is 57.0 Å². The van der Waals surface area contributed by atoms with Crippen LogP contribution in [0.4, 0.5) is 5.69 Å². The molecule has 1 heterocycles. The fourth-order valence-corrected chi connectivity index (χ4v) is 5.91. The Morgan fingerprint density at radius 3 is 2.10 bits per heavy atom. The molecule has 3 rings (SSSR count). The van der Waals surface area contributed by atoms with Gasteiger partial charge in [-0.1, -0.05) is 38.5 Å². The first kappa shape index (κ1) is 22.2. The number of rotatable bonds is 6. The lowest BCUT2D eigenvalue weighted by Gasteiger charge is -2.26. The van der Waals surface area contributed by atoms with Crippen molar-refractivity contribution in [2.45, 2.75) is 75.1 Å². The molecular formula is C22H35N3O3S. The van der Waals surface area contributed by atoms with E-state index in [1.54, 1.807) is 28.6 Å². The highest BCUT2D eigenvalue weighted by atomic mass is 32.2. The second-order valence-electron chi connectivity index (χ2n) is 8.45. The largest absolute Gasteiger partial charge is 0.325 e. The lowest BCUT2D eigenvalue weighted by atomic mass is 10.1. The standard InChI is InChI=1S/C22H35N3O3S/c1-24(20-10-6-2-3-7-11-20)18-22(26)23-19-12-14-21(15-13-19)29(27,28)25-16-8-4-5-9-17-25/h12-15,20H,2-11,16-18H2,1H3,(H,23,26). The van der Waals surface area contributed by atoms with Crippen LogP contribution >= 0.6 is 0 Å². The highest BCUT2D eigenvalue weighted by Gasteiger charge is 2.25. The molecule has 1 aliphatic carbocycles. The molecule has 29 heavy (non-hydrogen) atoms. The van der Waals surface area contributed by atoms with Gasteiger partial charge in [-0.25, -0.2) is 8.42 Å². The minimum Gasteiger partial charge on any atom is -0.325 e. The summed E-state index contributed by atoms with van der Waals surface area (Å²) < 4.78 is 27.3. The summed E-state index contributed by atoms with van der Waals surface area (Å²) in [5, 5.41) is 2.91. The summed E-state index contributed by atoms with van der Waals surface area (Å²) in [4.78, 5) is 14.9. The van der Waals surface area contributed by atoms with Crippen molar-refractivity contribution in [3.63, 3.8) is 0 Å². The molecule has 7 heteroatoms. The maximum Gasteiger partial charge on any atom is 0.243 e. The van der Waals surface area contributed by atoms with Gasteiger partial charge in [0.1, 0.15) is 0 Å². The Morgan fingerprint density at radius 1 is 0.966 bits per heavy atom. The summed E-state index contributed by atoms with van der Waals surface area (Å²) in [6, 6.07) is 7.06. The second kappa shape index (κ2) is 10.5. The summed E-state index contributed by atoms with van der Waals surface area (Å²) in [5.41, 5.74) is 0.638. The molecule has 0 bridgehead atoms. The highest BCUT2D eigenvalue weighted by molar-refractivity contribution is 7.89. The normalized spacial score (nSPS) is 20.2. The van der Waals surface area contributed by atoms with Crippen molar-refractivity contribution in [1.82, 2.24) is 9.21 Å².